The number of hydrogen-bond donors (Lipinski definition) is 1. The van der Waals surface area contributed by atoms with E-state index in [0.717, 1.165) is 30.3 Å². The molecule has 0 aromatic carbocycles. The van der Waals surface area contributed by atoms with Crippen molar-refractivity contribution < 1.29 is 14.3 Å². The first-order chi connectivity index (χ1) is 11.4. The fraction of sp³-hybridized carbons (Fsp3) is 0.588. The van der Waals surface area contributed by atoms with E-state index in [4.69, 9.17) is 17.0 Å². The van der Waals surface area contributed by atoms with Gasteiger partial charge in [0.2, 0.25) is 0 Å². The van der Waals surface area contributed by atoms with Crippen LogP contribution in [0.4, 0.5) is 0 Å². The van der Waals surface area contributed by atoms with Crippen LogP contribution in [0.15, 0.2) is 0 Å². The number of carbonyl (C=O) groups excluding carboxylic acids is 2. The zero-order valence-corrected chi connectivity index (χ0v) is 16.2. The van der Waals surface area contributed by atoms with Crippen molar-refractivity contribution in [1.82, 2.24) is 9.88 Å². The predicted octanol–water partition coefficient (Wildman–Crippen LogP) is 3.49. The summed E-state index contributed by atoms with van der Waals surface area (Å²) in [6, 6.07) is 0. The molecule has 0 unspecified atom stereocenters. The maximum atomic E-state index is 12.8. The van der Waals surface area contributed by atoms with Crippen molar-refractivity contribution in [3.05, 3.63) is 22.5 Å². The summed E-state index contributed by atoms with van der Waals surface area (Å²) in [5, 5.41) is -0.301. The standard InChI is InChI=1S/C17H24N2O3S2/c1-5-22-16(21)13-10(2)14(18-11(13)3)15(20)12(4)24-17(23)19-8-6-7-9-19/h12,18H,5-9H2,1-4H3/t12-/m0/s1. The molecule has 1 saturated heterocycles. The molecular weight excluding hydrogens is 344 g/mol. The highest BCUT2D eigenvalue weighted by molar-refractivity contribution is 8.23. The Morgan fingerprint density at radius 3 is 2.54 bits per heavy atom. The van der Waals surface area contributed by atoms with Gasteiger partial charge in [-0.3, -0.25) is 4.79 Å². The average Bonchev–Trinajstić information content (AvgIpc) is 3.15. The van der Waals surface area contributed by atoms with Gasteiger partial charge < -0.3 is 14.6 Å². The predicted molar refractivity (Wildman–Crippen MR) is 101 cm³/mol. The van der Waals surface area contributed by atoms with Crippen LogP contribution in [0.5, 0.6) is 0 Å². The number of esters is 1. The largest absolute Gasteiger partial charge is 0.462 e. The Hall–Kier alpha value is -1.34. The molecule has 0 amide bonds. The number of thioether (sulfide) groups is 1. The summed E-state index contributed by atoms with van der Waals surface area (Å²) in [6.07, 6.45) is 2.31. The van der Waals surface area contributed by atoms with Crippen LogP contribution >= 0.6 is 24.0 Å². The van der Waals surface area contributed by atoms with E-state index in [1.165, 1.54) is 11.8 Å². The number of Topliss-reactive ketones (excluding diaryl/α,β-unsaturated/α-hetero) is 1. The van der Waals surface area contributed by atoms with Gasteiger partial charge in [0.05, 0.1) is 23.1 Å². The van der Waals surface area contributed by atoms with Gasteiger partial charge in [-0.2, -0.15) is 0 Å². The number of aromatic nitrogens is 1. The zero-order valence-electron chi connectivity index (χ0n) is 14.6. The van der Waals surface area contributed by atoms with Crippen LogP contribution < -0.4 is 0 Å². The van der Waals surface area contributed by atoms with Gasteiger partial charge in [0.1, 0.15) is 4.32 Å². The van der Waals surface area contributed by atoms with Crippen molar-refractivity contribution >= 4 is 40.1 Å². The number of nitrogens with one attached hydrogen (secondary N) is 1. The van der Waals surface area contributed by atoms with Crippen LogP contribution in [0.3, 0.4) is 0 Å². The summed E-state index contributed by atoms with van der Waals surface area (Å²) < 4.78 is 5.85. The number of aromatic amines is 1. The molecule has 0 bridgehead atoms. The van der Waals surface area contributed by atoms with Crippen molar-refractivity contribution in [3.63, 3.8) is 0 Å². The third kappa shape index (κ3) is 4.00. The molecule has 24 heavy (non-hydrogen) atoms. The number of nitrogens with zero attached hydrogens (tertiary/aromatic N) is 1. The van der Waals surface area contributed by atoms with E-state index in [1.54, 1.807) is 20.8 Å². The maximum absolute atomic E-state index is 12.8. The lowest BCUT2D eigenvalue weighted by Crippen LogP contribution is -2.27. The van der Waals surface area contributed by atoms with E-state index in [2.05, 4.69) is 9.88 Å². The number of carbonyl (C=O) groups is 2. The van der Waals surface area contributed by atoms with E-state index in [0.29, 0.717) is 29.1 Å². The molecular formula is C17H24N2O3S2. The summed E-state index contributed by atoms with van der Waals surface area (Å²) in [6.45, 7) is 9.43. The minimum absolute atomic E-state index is 0.0438. The second kappa shape index (κ2) is 8.16. The molecule has 0 aliphatic carbocycles. The molecule has 1 aliphatic rings. The van der Waals surface area contributed by atoms with Crippen molar-refractivity contribution in [3.8, 4) is 0 Å². The van der Waals surface area contributed by atoms with Gasteiger partial charge in [0.25, 0.3) is 0 Å². The quantitative estimate of drug-likeness (QED) is 0.488. The Morgan fingerprint density at radius 2 is 1.96 bits per heavy atom. The number of ketones is 1. The van der Waals surface area contributed by atoms with E-state index in [9.17, 15) is 9.59 Å². The lowest BCUT2D eigenvalue weighted by Gasteiger charge is -2.20. The van der Waals surface area contributed by atoms with Gasteiger partial charge in [-0.05, 0) is 46.1 Å². The van der Waals surface area contributed by atoms with Crippen molar-refractivity contribution in [1.29, 1.82) is 0 Å². The summed E-state index contributed by atoms with van der Waals surface area (Å²) >= 11 is 6.87. The van der Waals surface area contributed by atoms with Crippen LogP contribution in [-0.4, -0.2) is 50.9 Å². The van der Waals surface area contributed by atoms with E-state index in [-0.39, 0.29) is 11.0 Å². The van der Waals surface area contributed by atoms with Crippen LogP contribution in [0.25, 0.3) is 0 Å². The zero-order chi connectivity index (χ0) is 17.9. The Bertz CT molecular complexity index is 649. The molecule has 0 radical (unpaired) electrons. The molecule has 7 heteroatoms. The SMILES string of the molecule is CCOC(=O)c1c(C)[nH]c(C(=O)[C@H](C)SC(=S)N2CCCC2)c1C. The Balaban J connectivity index is 2.12. The Labute approximate surface area is 152 Å². The first kappa shape index (κ1) is 19.0. The van der Waals surface area contributed by atoms with Gasteiger partial charge in [0, 0.05) is 18.8 Å². The Morgan fingerprint density at radius 1 is 1.33 bits per heavy atom. The number of ether oxygens (including phenoxy) is 1. The van der Waals surface area contributed by atoms with Crippen molar-refractivity contribution in [2.75, 3.05) is 19.7 Å². The maximum Gasteiger partial charge on any atom is 0.340 e. The number of H-pyrrole nitrogens is 1. The van der Waals surface area contributed by atoms with Crippen LogP contribution in [-0.2, 0) is 4.74 Å². The second-order valence-electron chi connectivity index (χ2n) is 5.93. The van der Waals surface area contributed by atoms with Crippen LogP contribution in [0.2, 0.25) is 0 Å². The van der Waals surface area contributed by atoms with Crippen molar-refractivity contribution in [2.24, 2.45) is 0 Å². The minimum atomic E-state index is -0.393. The Kier molecular flexibility index (Phi) is 6.46. The molecule has 1 aromatic heterocycles. The third-order valence-electron chi connectivity index (χ3n) is 4.17. The third-order valence-corrected chi connectivity index (χ3v) is 5.75. The normalized spacial score (nSPS) is 15.4. The van der Waals surface area contributed by atoms with Crippen LogP contribution in [0.1, 0.15) is 58.8 Å². The first-order valence-corrected chi connectivity index (χ1v) is 9.51. The molecule has 0 saturated carbocycles. The fourth-order valence-corrected chi connectivity index (χ4v) is 4.36. The number of aryl methyl sites for hydroxylation is 1. The lowest BCUT2D eigenvalue weighted by molar-refractivity contribution is 0.0525. The minimum Gasteiger partial charge on any atom is -0.462 e. The first-order valence-electron chi connectivity index (χ1n) is 8.22. The average molecular weight is 369 g/mol. The summed E-state index contributed by atoms with van der Waals surface area (Å²) in [5.41, 5.74) is 2.24. The molecule has 1 atom stereocenters. The number of thiocarbonyl (C=S) groups is 1. The highest BCUT2D eigenvalue weighted by Crippen LogP contribution is 2.26. The van der Waals surface area contributed by atoms with E-state index < -0.39 is 5.97 Å². The molecule has 132 valence electrons. The number of hydrogen-bond acceptors (Lipinski definition) is 5. The molecule has 1 N–H and O–H groups in total. The molecule has 1 aliphatic heterocycles. The summed E-state index contributed by atoms with van der Waals surface area (Å²) in [7, 11) is 0. The van der Waals surface area contributed by atoms with Gasteiger partial charge in [0.15, 0.2) is 5.78 Å². The van der Waals surface area contributed by atoms with Gasteiger partial charge in [-0.25, -0.2) is 4.79 Å². The van der Waals surface area contributed by atoms with Crippen LogP contribution in [0, 0.1) is 13.8 Å². The fourth-order valence-electron chi connectivity index (χ4n) is 2.89. The molecule has 2 rings (SSSR count). The molecule has 0 spiro atoms. The topological polar surface area (TPSA) is 62.4 Å². The smallest absolute Gasteiger partial charge is 0.340 e. The van der Waals surface area contributed by atoms with Gasteiger partial charge in [-0.15, -0.1) is 0 Å². The monoisotopic (exact) mass is 368 g/mol. The summed E-state index contributed by atoms with van der Waals surface area (Å²) in [4.78, 5) is 30.0. The van der Waals surface area contributed by atoms with E-state index in [1.807, 2.05) is 6.92 Å². The highest BCUT2D eigenvalue weighted by Gasteiger charge is 2.27. The van der Waals surface area contributed by atoms with Gasteiger partial charge in [-0.1, -0.05) is 24.0 Å². The number of rotatable bonds is 5. The molecule has 1 fully saturated rings. The molecule has 1 aromatic rings. The number of likely N-dealkylation sites (tertiary alicyclic amines) is 1. The molecule has 5 nitrogen and oxygen atoms in total. The van der Waals surface area contributed by atoms with E-state index >= 15 is 0 Å². The highest BCUT2D eigenvalue weighted by atomic mass is 32.2. The van der Waals surface area contributed by atoms with Gasteiger partial charge >= 0.3 is 5.97 Å². The molecule has 2 heterocycles. The lowest BCUT2D eigenvalue weighted by atomic mass is 10.1. The second-order valence-corrected chi connectivity index (χ2v) is 7.90. The summed E-state index contributed by atoms with van der Waals surface area (Å²) in [5.74, 6) is -0.437. The van der Waals surface area contributed by atoms with Crippen molar-refractivity contribution in [2.45, 2.75) is 45.8 Å².